The molecule has 0 unspecified atom stereocenters. The number of aliphatic hydroxyl groups is 1. The third-order valence-electron chi connectivity index (χ3n) is 7.33. The van der Waals surface area contributed by atoms with E-state index in [4.69, 9.17) is 0 Å². The Balaban J connectivity index is 1.52. The highest BCUT2D eigenvalue weighted by Gasteiger charge is 2.54. The molecule has 1 saturated carbocycles. The van der Waals surface area contributed by atoms with Crippen molar-refractivity contribution in [3.8, 4) is 11.2 Å². The van der Waals surface area contributed by atoms with Crippen LogP contribution in [0.2, 0.25) is 0 Å². The van der Waals surface area contributed by atoms with Crippen molar-refractivity contribution in [2.75, 3.05) is 18.0 Å². The third kappa shape index (κ3) is 4.56. The number of anilines is 1. The number of fused-ring (bicyclic) bond motifs is 3. The number of piperidine rings is 1. The summed E-state index contributed by atoms with van der Waals surface area (Å²) in [4.78, 5) is 9.91. The van der Waals surface area contributed by atoms with Gasteiger partial charge in [0.1, 0.15) is 17.7 Å². The standard InChI is InChI=1S/C23H19F5N8O3S2/c24-16(25)19-32-33-20(40-19)36-14-9-12(41(38,39)34-21(10-29)3-4-21)1-2-13(14)15-17(30-11-31-18(15)36)35-7-5-22(37,6-8-35)23(26,27)28/h1-2,9,11,16,34,37H,3-8H2. The first-order chi connectivity index (χ1) is 19.3. The van der Waals surface area contributed by atoms with E-state index in [-0.39, 0.29) is 40.1 Å². The van der Waals surface area contributed by atoms with Gasteiger partial charge in [-0.15, -0.1) is 10.2 Å². The van der Waals surface area contributed by atoms with Gasteiger partial charge in [-0.05, 0) is 25.0 Å². The maximum atomic E-state index is 13.4. The molecule has 1 aromatic carbocycles. The van der Waals surface area contributed by atoms with Gasteiger partial charge in [-0.1, -0.05) is 17.4 Å². The zero-order chi connectivity index (χ0) is 29.4. The van der Waals surface area contributed by atoms with Crippen molar-refractivity contribution in [3.63, 3.8) is 0 Å². The molecule has 4 aromatic rings. The highest BCUT2D eigenvalue weighted by atomic mass is 32.2. The molecule has 6 rings (SSSR count). The van der Waals surface area contributed by atoms with Gasteiger partial charge in [0.2, 0.25) is 15.2 Å². The number of nitrogens with one attached hydrogen (secondary N) is 1. The van der Waals surface area contributed by atoms with Crippen LogP contribution in [0.4, 0.5) is 27.8 Å². The number of nitrogens with zero attached hydrogens (tertiary/aromatic N) is 7. The van der Waals surface area contributed by atoms with Crippen LogP contribution in [0.15, 0.2) is 29.4 Å². The Morgan fingerprint density at radius 3 is 2.41 bits per heavy atom. The quantitative estimate of drug-likeness (QED) is 0.311. The highest BCUT2D eigenvalue weighted by Crippen LogP contribution is 2.43. The summed E-state index contributed by atoms with van der Waals surface area (Å²) in [5.74, 6) is 0.219. The van der Waals surface area contributed by atoms with E-state index in [1.54, 1.807) is 4.90 Å². The summed E-state index contributed by atoms with van der Waals surface area (Å²) < 4.78 is 97.0. The van der Waals surface area contributed by atoms with Crippen LogP contribution in [0.5, 0.6) is 0 Å². The number of rotatable bonds is 6. The van der Waals surface area contributed by atoms with Crippen LogP contribution in [-0.4, -0.2) is 68.7 Å². The van der Waals surface area contributed by atoms with E-state index in [0.717, 1.165) is 6.33 Å². The minimum Gasteiger partial charge on any atom is -0.380 e. The Morgan fingerprint density at radius 1 is 1.12 bits per heavy atom. The predicted molar refractivity (Wildman–Crippen MR) is 135 cm³/mol. The molecule has 2 fully saturated rings. The first kappa shape index (κ1) is 27.6. The lowest BCUT2D eigenvalue weighted by atomic mass is 9.90. The fourth-order valence-corrected chi connectivity index (χ4v) is 6.97. The van der Waals surface area contributed by atoms with Gasteiger partial charge in [0, 0.05) is 31.3 Å². The number of halogens is 5. The number of benzene rings is 1. The fraction of sp³-hybridized carbons (Fsp3) is 0.435. The second-order valence-corrected chi connectivity index (χ2v) is 12.6. The van der Waals surface area contributed by atoms with E-state index in [1.165, 1.54) is 22.8 Å². The van der Waals surface area contributed by atoms with Gasteiger partial charge in [-0.25, -0.2) is 27.2 Å². The van der Waals surface area contributed by atoms with Crippen LogP contribution in [0, 0.1) is 11.3 Å². The molecule has 4 heterocycles. The molecule has 216 valence electrons. The summed E-state index contributed by atoms with van der Waals surface area (Å²) in [6.07, 6.45) is -7.09. The zero-order valence-electron chi connectivity index (χ0n) is 20.7. The summed E-state index contributed by atoms with van der Waals surface area (Å²) >= 11 is 0.560. The maximum absolute atomic E-state index is 13.4. The van der Waals surface area contributed by atoms with Crippen molar-refractivity contribution in [3.05, 3.63) is 29.5 Å². The van der Waals surface area contributed by atoms with E-state index >= 15 is 0 Å². The molecule has 0 bridgehead atoms. The molecule has 41 heavy (non-hydrogen) atoms. The second-order valence-electron chi connectivity index (χ2n) is 9.95. The van der Waals surface area contributed by atoms with Crippen LogP contribution in [0.3, 0.4) is 0 Å². The molecule has 1 aliphatic carbocycles. The third-order valence-corrected chi connectivity index (χ3v) is 9.78. The lowest BCUT2D eigenvalue weighted by Crippen LogP contribution is -2.53. The van der Waals surface area contributed by atoms with Crippen molar-refractivity contribution in [2.45, 2.75) is 54.3 Å². The smallest absolute Gasteiger partial charge is 0.380 e. The molecular formula is C23H19F5N8O3S2. The molecule has 0 atom stereocenters. The number of hydrogen-bond acceptors (Lipinski definition) is 10. The number of nitriles is 1. The largest absolute Gasteiger partial charge is 0.417 e. The van der Waals surface area contributed by atoms with Gasteiger partial charge in [0.15, 0.2) is 16.3 Å². The highest BCUT2D eigenvalue weighted by molar-refractivity contribution is 7.89. The molecular weight excluding hydrogens is 595 g/mol. The van der Waals surface area contributed by atoms with Crippen LogP contribution in [-0.2, 0) is 10.0 Å². The number of hydrogen-bond donors (Lipinski definition) is 2. The lowest BCUT2D eigenvalue weighted by Gasteiger charge is -2.39. The van der Waals surface area contributed by atoms with Crippen molar-refractivity contribution in [2.24, 2.45) is 0 Å². The lowest BCUT2D eigenvalue weighted by molar-refractivity contribution is -0.266. The van der Waals surface area contributed by atoms with Gasteiger partial charge in [-0.2, -0.15) is 23.2 Å². The monoisotopic (exact) mass is 614 g/mol. The molecule has 0 amide bonds. The van der Waals surface area contributed by atoms with Crippen molar-refractivity contribution < 1.29 is 35.5 Å². The first-order valence-electron chi connectivity index (χ1n) is 12.2. The fourth-order valence-electron chi connectivity index (χ4n) is 4.85. The molecule has 11 nitrogen and oxygen atoms in total. The molecule has 3 aromatic heterocycles. The Morgan fingerprint density at radius 2 is 1.83 bits per heavy atom. The maximum Gasteiger partial charge on any atom is 0.417 e. The number of aromatic nitrogens is 5. The van der Waals surface area contributed by atoms with Crippen molar-refractivity contribution >= 4 is 49.1 Å². The van der Waals surface area contributed by atoms with Gasteiger partial charge < -0.3 is 10.0 Å². The molecule has 0 radical (unpaired) electrons. The topological polar surface area (TPSA) is 150 Å². The van der Waals surface area contributed by atoms with Gasteiger partial charge in [-0.3, -0.25) is 4.57 Å². The van der Waals surface area contributed by atoms with Crippen molar-refractivity contribution in [1.82, 2.24) is 29.5 Å². The zero-order valence-corrected chi connectivity index (χ0v) is 22.4. The predicted octanol–water partition coefficient (Wildman–Crippen LogP) is 3.59. The summed E-state index contributed by atoms with van der Waals surface area (Å²) in [5, 5.41) is 26.9. The van der Waals surface area contributed by atoms with Gasteiger partial charge >= 0.3 is 6.18 Å². The molecule has 2 aliphatic rings. The normalized spacial score (nSPS) is 18.7. The molecule has 1 saturated heterocycles. The molecule has 1 aliphatic heterocycles. The molecule has 0 spiro atoms. The minimum absolute atomic E-state index is 0.0479. The Hall–Kier alpha value is -3.53. The van der Waals surface area contributed by atoms with Crippen LogP contribution in [0.1, 0.15) is 37.1 Å². The Labute approximate surface area is 232 Å². The minimum atomic E-state index is -4.81. The summed E-state index contributed by atoms with van der Waals surface area (Å²) in [7, 11) is -4.18. The summed E-state index contributed by atoms with van der Waals surface area (Å²) in [6, 6.07) is 5.97. The second kappa shape index (κ2) is 9.24. The van der Waals surface area contributed by atoms with E-state index in [2.05, 4.69) is 24.9 Å². The number of sulfonamides is 1. The average molecular weight is 615 g/mol. The first-order valence-corrected chi connectivity index (χ1v) is 14.5. The molecule has 18 heteroatoms. The Bertz CT molecular complexity index is 1820. The summed E-state index contributed by atoms with van der Waals surface area (Å²) in [5.41, 5.74) is -3.72. The summed E-state index contributed by atoms with van der Waals surface area (Å²) in [6.45, 7) is -0.397. The van der Waals surface area contributed by atoms with Crippen molar-refractivity contribution in [1.29, 1.82) is 5.26 Å². The SMILES string of the molecule is N#CC1(NS(=O)(=O)c2ccc3c4c(N5CCC(O)(C(F)(F)F)CC5)ncnc4n(-c4nnc(C(F)F)s4)c3c2)CC1. The van der Waals surface area contributed by atoms with E-state index in [1.807, 2.05) is 6.07 Å². The molecule has 2 N–H and O–H groups in total. The van der Waals surface area contributed by atoms with E-state index < -0.39 is 51.6 Å². The van der Waals surface area contributed by atoms with Gasteiger partial charge in [0.25, 0.3) is 6.43 Å². The number of alkyl halides is 5. The van der Waals surface area contributed by atoms with E-state index in [9.17, 15) is 40.7 Å². The van der Waals surface area contributed by atoms with Gasteiger partial charge in [0.05, 0.1) is 21.9 Å². The van der Waals surface area contributed by atoms with Crippen LogP contribution >= 0.6 is 11.3 Å². The average Bonchev–Trinajstić information content (AvgIpc) is 3.36. The Kier molecular flexibility index (Phi) is 6.23. The van der Waals surface area contributed by atoms with Crippen LogP contribution < -0.4 is 9.62 Å². The van der Waals surface area contributed by atoms with Crippen LogP contribution in [0.25, 0.3) is 27.1 Å². The van der Waals surface area contributed by atoms with E-state index in [0.29, 0.717) is 35.0 Å².